The molecule has 0 heterocycles. The van der Waals surface area contributed by atoms with E-state index in [-0.39, 0.29) is 0 Å². The van der Waals surface area contributed by atoms with Gasteiger partial charge in [-0.05, 0) is 37.3 Å². The van der Waals surface area contributed by atoms with Gasteiger partial charge in [-0.2, -0.15) is 0 Å². The molecule has 0 bridgehead atoms. The van der Waals surface area contributed by atoms with Gasteiger partial charge in [0, 0.05) is 5.02 Å². The number of rotatable bonds is 4. The zero-order chi connectivity index (χ0) is 14.4. The Morgan fingerprint density at radius 3 is 2.65 bits per heavy atom. The molecule has 0 aliphatic carbocycles. The SMILES string of the molecule is CCOc1ccc(Cl)cc1NC(=O)Oc1ccccc1. The summed E-state index contributed by atoms with van der Waals surface area (Å²) in [6.07, 6.45) is -0.598. The predicted octanol–water partition coefficient (Wildman–Crippen LogP) is 4.35. The Labute approximate surface area is 122 Å². The second-order valence-electron chi connectivity index (χ2n) is 3.90. The van der Waals surface area contributed by atoms with Gasteiger partial charge < -0.3 is 9.47 Å². The van der Waals surface area contributed by atoms with E-state index in [2.05, 4.69) is 5.32 Å². The van der Waals surface area contributed by atoms with Crippen LogP contribution < -0.4 is 14.8 Å². The highest BCUT2D eigenvalue weighted by molar-refractivity contribution is 6.31. The number of hydrogen-bond acceptors (Lipinski definition) is 3. The van der Waals surface area contributed by atoms with E-state index in [1.807, 2.05) is 13.0 Å². The quantitative estimate of drug-likeness (QED) is 0.911. The first kappa shape index (κ1) is 14.2. The second-order valence-corrected chi connectivity index (χ2v) is 4.34. The number of anilines is 1. The zero-order valence-electron chi connectivity index (χ0n) is 10.9. The molecule has 0 unspecified atom stereocenters. The van der Waals surface area contributed by atoms with E-state index in [0.717, 1.165) is 0 Å². The average molecular weight is 292 g/mol. The third kappa shape index (κ3) is 3.90. The Kier molecular flexibility index (Phi) is 4.85. The van der Waals surface area contributed by atoms with Crippen LogP contribution in [-0.2, 0) is 0 Å². The monoisotopic (exact) mass is 291 g/mol. The van der Waals surface area contributed by atoms with Crippen LogP contribution in [0.25, 0.3) is 0 Å². The standard InChI is InChI=1S/C15H14ClNO3/c1-2-19-14-9-8-11(16)10-13(14)17-15(18)20-12-6-4-3-5-7-12/h3-10H,2H2,1H3,(H,17,18). The van der Waals surface area contributed by atoms with Crippen LogP contribution in [-0.4, -0.2) is 12.7 Å². The van der Waals surface area contributed by atoms with E-state index >= 15 is 0 Å². The third-order valence-corrected chi connectivity index (χ3v) is 2.67. The van der Waals surface area contributed by atoms with Gasteiger partial charge in [-0.1, -0.05) is 29.8 Å². The van der Waals surface area contributed by atoms with Crippen LogP contribution in [0, 0.1) is 0 Å². The lowest BCUT2D eigenvalue weighted by atomic mass is 10.3. The summed E-state index contributed by atoms with van der Waals surface area (Å²) in [6.45, 7) is 2.35. The Hall–Kier alpha value is -2.20. The summed E-state index contributed by atoms with van der Waals surface area (Å²) in [6, 6.07) is 13.8. The molecule has 0 radical (unpaired) electrons. The molecule has 5 heteroatoms. The summed E-state index contributed by atoms with van der Waals surface area (Å²) in [5, 5.41) is 3.12. The first-order valence-electron chi connectivity index (χ1n) is 6.15. The van der Waals surface area contributed by atoms with Gasteiger partial charge in [0.15, 0.2) is 0 Å². The zero-order valence-corrected chi connectivity index (χ0v) is 11.7. The molecule has 1 N–H and O–H groups in total. The first-order chi connectivity index (χ1) is 9.69. The number of ether oxygens (including phenoxy) is 2. The van der Waals surface area contributed by atoms with Crippen LogP contribution >= 0.6 is 11.6 Å². The van der Waals surface area contributed by atoms with Crippen LogP contribution in [0.3, 0.4) is 0 Å². The third-order valence-electron chi connectivity index (χ3n) is 2.43. The summed E-state index contributed by atoms with van der Waals surface area (Å²) >= 11 is 5.91. The Balaban J connectivity index is 2.09. The molecule has 20 heavy (non-hydrogen) atoms. The molecule has 0 atom stereocenters. The fourth-order valence-electron chi connectivity index (χ4n) is 1.61. The van der Waals surface area contributed by atoms with Crippen LogP contribution in [0.1, 0.15) is 6.92 Å². The smallest absolute Gasteiger partial charge is 0.417 e. The number of para-hydroxylation sites is 1. The van der Waals surface area contributed by atoms with Gasteiger partial charge in [0.2, 0.25) is 0 Å². The van der Waals surface area contributed by atoms with Crippen molar-refractivity contribution in [2.75, 3.05) is 11.9 Å². The molecular weight excluding hydrogens is 278 g/mol. The fraction of sp³-hybridized carbons (Fsp3) is 0.133. The minimum atomic E-state index is -0.598. The van der Waals surface area contributed by atoms with E-state index < -0.39 is 6.09 Å². The van der Waals surface area contributed by atoms with Gasteiger partial charge in [0.05, 0.1) is 12.3 Å². The van der Waals surface area contributed by atoms with Crippen molar-refractivity contribution in [2.24, 2.45) is 0 Å². The van der Waals surface area contributed by atoms with Crippen LogP contribution in [0.5, 0.6) is 11.5 Å². The van der Waals surface area contributed by atoms with Crippen LogP contribution in [0.15, 0.2) is 48.5 Å². The Morgan fingerprint density at radius 1 is 1.20 bits per heavy atom. The average Bonchev–Trinajstić information content (AvgIpc) is 2.43. The van der Waals surface area contributed by atoms with Gasteiger partial charge >= 0.3 is 6.09 Å². The highest BCUT2D eigenvalue weighted by atomic mass is 35.5. The highest BCUT2D eigenvalue weighted by Gasteiger charge is 2.10. The molecule has 0 saturated heterocycles. The molecule has 2 aromatic carbocycles. The largest absolute Gasteiger partial charge is 0.492 e. The van der Waals surface area contributed by atoms with Gasteiger partial charge in [0.25, 0.3) is 0 Å². The van der Waals surface area contributed by atoms with E-state index in [1.54, 1.807) is 42.5 Å². The first-order valence-corrected chi connectivity index (χ1v) is 6.53. The van der Waals surface area contributed by atoms with E-state index in [0.29, 0.717) is 28.8 Å². The van der Waals surface area contributed by atoms with Crippen molar-refractivity contribution in [3.63, 3.8) is 0 Å². The lowest BCUT2D eigenvalue weighted by Crippen LogP contribution is -2.17. The molecular formula is C15H14ClNO3. The van der Waals surface area contributed by atoms with Crippen molar-refractivity contribution < 1.29 is 14.3 Å². The van der Waals surface area contributed by atoms with Crippen molar-refractivity contribution >= 4 is 23.4 Å². The lowest BCUT2D eigenvalue weighted by molar-refractivity contribution is 0.215. The van der Waals surface area contributed by atoms with E-state index in [9.17, 15) is 4.79 Å². The normalized spacial score (nSPS) is 9.90. The van der Waals surface area contributed by atoms with Crippen LogP contribution in [0.4, 0.5) is 10.5 Å². The lowest BCUT2D eigenvalue weighted by Gasteiger charge is -2.12. The fourth-order valence-corrected chi connectivity index (χ4v) is 1.78. The molecule has 2 rings (SSSR count). The predicted molar refractivity (Wildman–Crippen MR) is 78.7 cm³/mol. The Morgan fingerprint density at radius 2 is 1.95 bits per heavy atom. The summed E-state index contributed by atoms with van der Waals surface area (Å²) in [5.41, 5.74) is 0.472. The van der Waals surface area contributed by atoms with Crippen molar-refractivity contribution in [3.8, 4) is 11.5 Å². The topological polar surface area (TPSA) is 47.6 Å². The molecule has 0 spiro atoms. The molecule has 0 saturated carbocycles. The van der Waals surface area contributed by atoms with Crippen molar-refractivity contribution in [2.45, 2.75) is 6.92 Å². The number of amides is 1. The Bertz CT molecular complexity index is 587. The number of carbonyl (C=O) groups excluding carboxylic acids is 1. The molecule has 0 aliphatic heterocycles. The molecule has 4 nitrogen and oxygen atoms in total. The summed E-state index contributed by atoms with van der Waals surface area (Å²) in [4.78, 5) is 11.8. The maximum Gasteiger partial charge on any atom is 0.417 e. The summed E-state index contributed by atoms with van der Waals surface area (Å²) in [5.74, 6) is 1.01. The summed E-state index contributed by atoms with van der Waals surface area (Å²) in [7, 11) is 0. The van der Waals surface area contributed by atoms with E-state index in [1.165, 1.54) is 0 Å². The van der Waals surface area contributed by atoms with Gasteiger partial charge in [0.1, 0.15) is 11.5 Å². The van der Waals surface area contributed by atoms with Gasteiger partial charge in [-0.25, -0.2) is 4.79 Å². The van der Waals surface area contributed by atoms with Crippen molar-refractivity contribution in [1.29, 1.82) is 0 Å². The van der Waals surface area contributed by atoms with Crippen molar-refractivity contribution in [3.05, 3.63) is 53.6 Å². The minimum absolute atomic E-state index is 0.463. The number of hydrogen-bond donors (Lipinski definition) is 1. The van der Waals surface area contributed by atoms with Gasteiger partial charge in [-0.3, -0.25) is 5.32 Å². The maximum absolute atomic E-state index is 11.8. The second kappa shape index (κ2) is 6.82. The van der Waals surface area contributed by atoms with E-state index in [4.69, 9.17) is 21.1 Å². The molecule has 2 aromatic rings. The molecule has 0 aliphatic rings. The van der Waals surface area contributed by atoms with Crippen LogP contribution in [0.2, 0.25) is 5.02 Å². The highest BCUT2D eigenvalue weighted by Crippen LogP contribution is 2.28. The maximum atomic E-state index is 11.8. The number of halogens is 1. The minimum Gasteiger partial charge on any atom is -0.492 e. The van der Waals surface area contributed by atoms with Crippen molar-refractivity contribution in [1.82, 2.24) is 0 Å². The molecule has 1 amide bonds. The molecule has 0 fully saturated rings. The number of nitrogens with one attached hydrogen (secondary N) is 1. The number of benzene rings is 2. The van der Waals surface area contributed by atoms with Gasteiger partial charge in [-0.15, -0.1) is 0 Å². The molecule has 0 aromatic heterocycles. The number of carbonyl (C=O) groups is 1. The molecule has 104 valence electrons. The summed E-state index contributed by atoms with van der Waals surface area (Å²) < 4.78 is 10.6.